The van der Waals surface area contributed by atoms with Crippen LogP contribution >= 0.6 is 11.6 Å². The van der Waals surface area contributed by atoms with Crippen LogP contribution in [0.5, 0.6) is 0 Å². The maximum absolute atomic E-state index is 12.8. The van der Waals surface area contributed by atoms with E-state index in [1.165, 1.54) is 35.6 Å². The van der Waals surface area contributed by atoms with E-state index >= 15 is 0 Å². The number of halogens is 1. The number of carbonyl (C=O) groups is 1. The maximum Gasteiger partial charge on any atom is 0.264 e. The van der Waals surface area contributed by atoms with Crippen molar-refractivity contribution in [3.63, 3.8) is 0 Å². The van der Waals surface area contributed by atoms with Crippen molar-refractivity contribution in [2.75, 3.05) is 16.7 Å². The van der Waals surface area contributed by atoms with E-state index < -0.39 is 15.9 Å². The zero-order chi connectivity index (χ0) is 20.3. The second kappa shape index (κ2) is 7.87. The van der Waals surface area contributed by atoms with Gasteiger partial charge in [-0.2, -0.15) is 0 Å². The summed E-state index contributed by atoms with van der Waals surface area (Å²) in [5.74, 6) is -0.475. The molecule has 0 aliphatic rings. The Labute approximate surface area is 167 Å². The number of nitrogens with two attached hydrogens (primary N) is 1. The third-order valence-corrected chi connectivity index (χ3v) is 6.01. The fraction of sp³-hybridized carbons (Fsp3) is 0.0526. The first kappa shape index (κ1) is 19.7. The summed E-state index contributed by atoms with van der Waals surface area (Å²) in [6, 6.07) is 17.7. The van der Waals surface area contributed by atoms with Crippen molar-refractivity contribution in [2.45, 2.75) is 4.90 Å². The molecule has 1 heterocycles. The number of pyridine rings is 1. The summed E-state index contributed by atoms with van der Waals surface area (Å²) < 4.78 is 26.8. The number of nitrogens with zero attached hydrogens (tertiary/aromatic N) is 2. The van der Waals surface area contributed by atoms with Gasteiger partial charge in [0, 0.05) is 12.7 Å². The highest BCUT2D eigenvalue weighted by Gasteiger charge is 2.21. The molecule has 7 nitrogen and oxygen atoms in total. The Hall–Kier alpha value is -3.10. The first-order valence-corrected chi connectivity index (χ1v) is 9.98. The predicted octanol–water partition coefficient (Wildman–Crippen LogP) is 3.40. The summed E-state index contributed by atoms with van der Waals surface area (Å²) in [6.07, 6.45) is 0. The van der Waals surface area contributed by atoms with Crippen LogP contribution < -0.4 is 15.4 Å². The van der Waals surface area contributed by atoms with Gasteiger partial charge >= 0.3 is 0 Å². The fourth-order valence-electron chi connectivity index (χ4n) is 2.54. The molecule has 0 atom stereocenters. The van der Waals surface area contributed by atoms with Crippen LogP contribution in [-0.2, 0) is 10.0 Å². The number of amides is 1. The number of carbonyl (C=O) groups excluding carboxylic acids is 1. The zero-order valence-electron chi connectivity index (χ0n) is 14.8. The van der Waals surface area contributed by atoms with E-state index in [4.69, 9.17) is 17.3 Å². The highest BCUT2D eigenvalue weighted by molar-refractivity contribution is 7.92. The lowest BCUT2D eigenvalue weighted by Crippen LogP contribution is -2.26. The van der Waals surface area contributed by atoms with Crippen LogP contribution in [0.1, 0.15) is 10.4 Å². The van der Waals surface area contributed by atoms with Crippen LogP contribution in [0, 0.1) is 0 Å². The van der Waals surface area contributed by atoms with Gasteiger partial charge in [-0.1, -0.05) is 35.9 Å². The van der Waals surface area contributed by atoms with Gasteiger partial charge in [-0.15, -0.1) is 0 Å². The van der Waals surface area contributed by atoms with Crippen molar-refractivity contribution < 1.29 is 13.2 Å². The van der Waals surface area contributed by atoms with Gasteiger partial charge < -0.3 is 11.1 Å². The van der Waals surface area contributed by atoms with Crippen LogP contribution in [0.2, 0.25) is 5.15 Å². The number of benzene rings is 2. The molecule has 3 aromatic rings. The van der Waals surface area contributed by atoms with Gasteiger partial charge in [0.15, 0.2) is 0 Å². The number of hydrogen-bond donors (Lipinski definition) is 2. The van der Waals surface area contributed by atoms with Gasteiger partial charge in [-0.25, -0.2) is 13.4 Å². The molecule has 28 heavy (non-hydrogen) atoms. The number of rotatable bonds is 6. The highest BCUT2D eigenvalue weighted by atomic mass is 35.5. The lowest BCUT2D eigenvalue weighted by Gasteiger charge is -2.20. The lowest BCUT2D eigenvalue weighted by atomic mass is 10.2. The van der Waals surface area contributed by atoms with Gasteiger partial charge in [-0.05, 0) is 42.5 Å². The van der Waals surface area contributed by atoms with Gasteiger partial charge in [0.2, 0.25) is 0 Å². The number of sulfonamides is 1. The molecule has 2 aromatic carbocycles. The Morgan fingerprint density at radius 3 is 2.46 bits per heavy atom. The molecule has 3 N–H and O–H groups in total. The third kappa shape index (κ3) is 4.08. The average Bonchev–Trinajstić information content (AvgIpc) is 2.68. The second-order valence-corrected chi connectivity index (χ2v) is 8.21. The summed E-state index contributed by atoms with van der Waals surface area (Å²) in [7, 11) is -2.25. The zero-order valence-corrected chi connectivity index (χ0v) is 16.4. The van der Waals surface area contributed by atoms with E-state index in [1.807, 2.05) is 0 Å². The van der Waals surface area contributed by atoms with Gasteiger partial charge in [0.25, 0.3) is 15.9 Å². The smallest absolute Gasteiger partial charge is 0.264 e. The van der Waals surface area contributed by atoms with E-state index in [0.29, 0.717) is 11.4 Å². The minimum atomic E-state index is -3.72. The second-order valence-electron chi connectivity index (χ2n) is 5.86. The average molecular weight is 417 g/mol. The molecule has 0 aliphatic carbocycles. The first-order valence-electron chi connectivity index (χ1n) is 8.16. The van der Waals surface area contributed by atoms with Crippen LogP contribution in [0.3, 0.4) is 0 Å². The molecule has 0 aliphatic heterocycles. The van der Waals surface area contributed by atoms with Crippen LogP contribution in [-0.4, -0.2) is 26.4 Å². The largest absolute Gasteiger partial charge is 0.365 e. The molecule has 0 unspecified atom stereocenters. The van der Waals surface area contributed by atoms with Gasteiger partial charge in [0.1, 0.15) is 11.0 Å². The van der Waals surface area contributed by atoms with E-state index in [9.17, 15) is 13.2 Å². The van der Waals surface area contributed by atoms with Crippen molar-refractivity contribution >= 4 is 44.7 Å². The molecule has 0 saturated carbocycles. The summed E-state index contributed by atoms with van der Waals surface area (Å²) >= 11 is 5.91. The number of primary amides is 1. The first-order chi connectivity index (χ1) is 13.3. The van der Waals surface area contributed by atoms with Crippen LogP contribution in [0.25, 0.3) is 0 Å². The highest BCUT2D eigenvalue weighted by Crippen LogP contribution is 2.27. The summed E-state index contributed by atoms with van der Waals surface area (Å²) in [6.45, 7) is 0. The van der Waals surface area contributed by atoms with Gasteiger partial charge in [0.05, 0.1) is 16.1 Å². The molecule has 0 fully saturated rings. The number of aromatic nitrogens is 1. The standard InChI is InChI=1S/C19H17ClN4O3S/c1-24(28(26,27)15-8-3-2-4-9-15)14-7-5-6-13(12-14)22-19-16(18(21)25)10-11-17(20)23-19/h2-12H,1H3,(H2,21,25)(H,22,23). The Balaban J connectivity index is 1.94. The van der Waals surface area contributed by atoms with Gasteiger partial charge in [-0.3, -0.25) is 9.10 Å². The molecule has 9 heteroatoms. The van der Waals surface area contributed by atoms with Crippen molar-refractivity contribution in [1.29, 1.82) is 0 Å². The summed E-state index contributed by atoms with van der Waals surface area (Å²) in [5.41, 5.74) is 6.48. The fourth-order valence-corrected chi connectivity index (χ4v) is 3.89. The van der Waals surface area contributed by atoms with Crippen molar-refractivity contribution in [1.82, 2.24) is 4.98 Å². The Morgan fingerprint density at radius 2 is 1.79 bits per heavy atom. The molecule has 1 amide bonds. The van der Waals surface area contributed by atoms with E-state index in [2.05, 4.69) is 10.3 Å². The van der Waals surface area contributed by atoms with E-state index in [0.717, 1.165) is 0 Å². The Kier molecular flexibility index (Phi) is 5.53. The number of anilines is 3. The third-order valence-electron chi connectivity index (χ3n) is 4.00. The Bertz CT molecular complexity index is 1120. The number of nitrogens with one attached hydrogen (secondary N) is 1. The molecule has 3 rings (SSSR count). The molecule has 0 radical (unpaired) electrons. The summed E-state index contributed by atoms with van der Waals surface area (Å²) in [5, 5.41) is 3.15. The number of hydrogen-bond acceptors (Lipinski definition) is 5. The topological polar surface area (TPSA) is 105 Å². The molecule has 144 valence electrons. The van der Waals surface area contributed by atoms with Crippen LogP contribution in [0.15, 0.2) is 71.6 Å². The molecule has 1 aromatic heterocycles. The minimum Gasteiger partial charge on any atom is -0.365 e. The molecule has 0 spiro atoms. The SMILES string of the molecule is CN(c1cccc(Nc2nc(Cl)ccc2C(N)=O)c1)S(=O)(=O)c1ccccc1. The maximum atomic E-state index is 12.8. The summed E-state index contributed by atoms with van der Waals surface area (Å²) in [4.78, 5) is 15.9. The van der Waals surface area contributed by atoms with Crippen LogP contribution in [0.4, 0.5) is 17.2 Å². The quantitative estimate of drug-likeness (QED) is 0.599. The Morgan fingerprint density at radius 1 is 1.07 bits per heavy atom. The predicted molar refractivity (Wildman–Crippen MR) is 110 cm³/mol. The molecular weight excluding hydrogens is 400 g/mol. The molecule has 0 bridgehead atoms. The molecular formula is C19H17ClN4O3S. The van der Waals surface area contributed by atoms with E-state index in [-0.39, 0.29) is 21.4 Å². The van der Waals surface area contributed by atoms with Crippen molar-refractivity contribution in [3.05, 3.63) is 77.4 Å². The normalized spacial score (nSPS) is 11.1. The van der Waals surface area contributed by atoms with Crippen molar-refractivity contribution in [3.8, 4) is 0 Å². The molecule has 0 saturated heterocycles. The minimum absolute atomic E-state index is 0.167. The van der Waals surface area contributed by atoms with E-state index in [1.54, 1.807) is 42.5 Å². The monoisotopic (exact) mass is 416 g/mol. The lowest BCUT2D eigenvalue weighted by molar-refractivity contribution is 0.100. The van der Waals surface area contributed by atoms with Crippen molar-refractivity contribution in [2.24, 2.45) is 5.73 Å².